The average molecular weight is 378 g/mol. The predicted molar refractivity (Wildman–Crippen MR) is 99.7 cm³/mol. The highest BCUT2D eigenvalue weighted by atomic mass is 16.6. The first kappa shape index (κ1) is 20.9. The van der Waals surface area contributed by atoms with E-state index in [1.54, 1.807) is 33.9 Å². The molecule has 27 heavy (non-hydrogen) atoms. The SMILES string of the molecule is Cn1nc(C(C)(C)C)cc1C(=O)N1CCCN1C(=O)CC(=O)OC(C)(C)C. The molecular weight excluding hydrogens is 348 g/mol. The molecule has 1 saturated heterocycles. The van der Waals surface area contributed by atoms with E-state index < -0.39 is 17.5 Å². The highest BCUT2D eigenvalue weighted by Gasteiger charge is 2.35. The topological polar surface area (TPSA) is 84.7 Å². The summed E-state index contributed by atoms with van der Waals surface area (Å²) in [4.78, 5) is 37.5. The van der Waals surface area contributed by atoms with Gasteiger partial charge in [0.15, 0.2) is 0 Å². The molecule has 0 atom stereocenters. The Labute approximate surface area is 160 Å². The van der Waals surface area contributed by atoms with Crippen LogP contribution in [0.5, 0.6) is 0 Å². The van der Waals surface area contributed by atoms with Crippen LogP contribution in [0, 0.1) is 0 Å². The Hall–Kier alpha value is -2.38. The molecule has 0 N–H and O–H groups in total. The maximum Gasteiger partial charge on any atom is 0.315 e. The van der Waals surface area contributed by atoms with Gasteiger partial charge in [-0.25, -0.2) is 5.01 Å². The van der Waals surface area contributed by atoms with Crippen LogP contribution in [-0.4, -0.2) is 56.3 Å². The molecule has 1 aliphatic rings. The zero-order valence-electron chi connectivity index (χ0n) is 17.3. The maximum absolute atomic E-state index is 13.0. The number of amides is 2. The second-order valence-corrected chi connectivity index (χ2v) is 8.85. The summed E-state index contributed by atoms with van der Waals surface area (Å²) in [6, 6.07) is 1.76. The second-order valence-electron chi connectivity index (χ2n) is 8.85. The van der Waals surface area contributed by atoms with E-state index in [2.05, 4.69) is 5.10 Å². The summed E-state index contributed by atoms with van der Waals surface area (Å²) in [5.74, 6) is -1.33. The summed E-state index contributed by atoms with van der Waals surface area (Å²) in [6.07, 6.45) is 0.273. The highest BCUT2D eigenvalue weighted by Crippen LogP contribution is 2.23. The zero-order valence-corrected chi connectivity index (χ0v) is 17.3. The molecule has 8 nitrogen and oxygen atoms in total. The normalized spacial score (nSPS) is 15.2. The van der Waals surface area contributed by atoms with Crippen LogP contribution in [0.2, 0.25) is 0 Å². The number of ether oxygens (including phenoxy) is 1. The van der Waals surface area contributed by atoms with E-state index in [0.717, 1.165) is 5.69 Å². The van der Waals surface area contributed by atoms with E-state index in [-0.39, 0.29) is 17.7 Å². The van der Waals surface area contributed by atoms with Gasteiger partial charge in [0.2, 0.25) is 0 Å². The lowest BCUT2D eigenvalue weighted by molar-refractivity contribution is -0.160. The lowest BCUT2D eigenvalue weighted by atomic mass is 9.92. The largest absolute Gasteiger partial charge is 0.460 e. The molecule has 0 aromatic carbocycles. The van der Waals surface area contributed by atoms with Crippen molar-refractivity contribution >= 4 is 17.8 Å². The molecule has 0 radical (unpaired) electrons. The number of hydrazine groups is 1. The van der Waals surface area contributed by atoms with Gasteiger partial charge in [-0.15, -0.1) is 0 Å². The number of aromatic nitrogens is 2. The number of hydrogen-bond donors (Lipinski definition) is 0. The number of aryl methyl sites for hydroxylation is 1. The second kappa shape index (κ2) is 7.32. The third kappa shape index (κ3) is 5.08. The van der Waals surface area contributed by atoms with Crippen molar-refractivity contribution < 1.29 is 19.1 Å². The van der Waals surface area contributed by atoms with Gasteiger partial charge < -0.3 is 4.74 Å². The Balaban J connectivity index is 2.14. The number of esters is 1. The quantitative estimate of drug-likeness (QED) is 0.594. The van der Waals surface area contributed by atoms with E-state index in [1.165, 1.54) is 14.7 Å². The van der Waals surface area contributed by atoms with Crippen molar-refractivity contribution in [1.29, 1.82) is 0 Å². The number of rotatable bonds is 3. The Kier molecular flexibility index (Phi) is 5.68. The summed E-state index contributed by atoms with van der Waals surface area (Å²) in [5.41, 5.74) is 0.375. The molecule has 0 bridgehead atoms. The van der Waals surface area contributed by atoms with E-state index in [1.807, 2.05) is 20.8 Å². The lowest BCUT2D eigenvalue weighted by Crippen LogP contribution is -2.46. The van der Waals surface area contributed by atoms with Gasteiger partial charge in [-0.1, -0.05) is 20.8 Å². The fraction of sp³-hybridized carbons (Fsp3) is 0.684. The van der Waals surface area contributed by atoms with Crippen LogP contribution in [0.3, 0.4) is 0 Å². The minimum atomic E-state index is -0.657. The first-order valence-corrected chi connectivity index (χ1v) is 9.18. The van der Waals surface area contributed by atoms with Crippen molar-refractivity contribution in [2.45, 2.75) is 65.4 Å². The standard InChI is InChI=1S/C19H30N4O4/c1-18(2,3)14-11-13(21(7)20-14)17(26)23-10-8-9-22(23)15(24)12-16(25)27-19(4,5)6/h11H,8-10,12H2,1-7H3. The van der Waals surface area contributed by atoms with Crippen LogP contribution in [-0.2, 0) is 26.8 Å². The fourth-order valence-corrected chi connectivity index (χ4v) is 2.84. The van der Waals surface area contributed by atoms with E-state index >= 15 is 0 Å². The van der Waals surface area contributed by atoms with Crippen molar-refractivity contribution in [3.8, 4) is 0 Å². The molecule has 8 heteroatoms. The number of carbonyl (C=O) groups is 3. The molecule has 1 fully saturated rings. The van der Waals surface area contributed by atoms with Gasteiger partial charge in [-0.05, 0) is 33.3 Å². The fourth-order valence-electron chi connectivity index (χ4n) is 2.84. The summed E-state index contributed by atoms with van der Waals surface area (Å²) in [5, 5.41) is 7.17. The Bertz CT molecular complexity index is 740. The molecule has 0 spiro atoms. The molecule has 0 aliphatic carbocycles. The minimum absolute atomic E-state index is 0.187. The summed E-state index contributed by atoms with van der Waals surface area (Å²) in [7, 11) is 1.71. The number of nitrogens with zero attached hydrogens (tertiary/aromatic N) is 4. The third-order valence-corrected chi connectivity index (χ3v) is 4.14. The van der Waals surface area contributed by atoms with Gasteiger partial charge in [-0.3, -0.25) is 24.1 Å². The van der Waals surface area contributed by atoms with E-state index in [4.69, 9.17) is 4.74 Å². The predicted octanol–water partition coefficient (Wildman–Crippen LogP) is 2.04. The Morgan fingerprint density at radius 3 is 2.19 bits per heavy atom. The Morgan fingerprint density at radius 2 is 1.67 bits per heavy atom. The van der Waals surface area contributed by atoms with Crippen LogP contribution >= 0.6 is 0 Å². The number of carbonyl (C=O) groups excluding carboxylic acids is 3. The number of hydrogen-bond acceptors (Lipinski definition) is 5. The molecular formula is C19H30N4O4. The van der Waals surface area contributed by atoms with E-state index in [9.17, 15) is 14.4 Å². The van der Waals surface area contributed by atoms with Crippen molar-refractivity contribution in [3.63, 3.8) is 0 Å². The molecule has 1 aliphatic heterocycles. The molecule has 0 saturated carbocycles. The molecule has 0 unspecified atom stereocenters. The monoisotopic (exact) mass is 378 g/mol. The molecule has 150 valence electrons. The molecule has 2 heterocycles. The van der Waals surface area contributed by atoms with Crippen LogP contribution in [0.1, 0.15) is 70.6 Å². The molecule has 2 amide bonds. The minimum Gasteiger partial charge on any atom is -0.460 e. The van der Waals surface area contributed by atoms with Crippen molar-refractivity contribution in [3.05, 3.63) is 17.5 Å². The van der Waals surface area contributed by atoms with Crippen LogP contribution < -0.4 is 0 Å². The summed E-state index contributed by atoms with van der Waals surface area (Å²) < 4.78 is 6.74. The first-order chi connectivity index (χ1) is 12.3. The van der Waals surface area contributed by atoms with Gasteiger partial charge in [0.1, 0.15) is 17.7 Å². The van der Waals surface area contributed by atoms with Crippen LogP contribution in [0.15, 0.2) is 6.07 Å². The van der Waals surface area contributed by atoms with Crippen molar-refractivity contribution in [2.24, 2.45) is 7.05 Å². The molecule has 1 aromatic heterocycles. The van der Waals surface area contributed by atoms with Gasteiger partial charge in [0.05, 0.1) is 5.69 Å². The average Bonchev–Trinajstić information content (AvgIpc) is 3.10. The van der Waals surface area contributed by atoms with Crippen LogP contribution in [0.25, 0.3) is 0 Å². The maximum atomic E-state index is 13.0. The van der Waals surface area contributed by atoms with Gasteiger partial charge in [0, 0.05) is 25.6 Å². The third-order valence-electron chi connectivity index (χ3n) is 4.14. The van der Waals surface area contributed by atoms with Gasteiger partial charge in [-0.2, -0.15) is 5.10 Å². The first-order valence-electron chi connectivity index (χ1n) is 9.18. The summed E-state index contributed by atoms with van der Waals surface area (Å²) >= 11 is 0. The zero-order chi connectivity index (χ0) is 20.6. The van der Waals surface area contributed by atoms with Gasteiger partial charge >= 0.3 is 5.97 Å². The molecule has 2 rings (SSSR count). The smallest absolute Gasteiger partial charge is 0.315 e. The highest BCUT2D eigenvalue weighted by molar-refractivity contribution is 5.98. The van der Waals surface area contributed by atoms with Crippen LogP contribution in [0.4, 0.5) is 0 Å². The van der Waals surface area contributed by atoms with Gasteiger partial charge in [0.25, 0.3) is 11.8 Å². The lowest BCUT2D eigenvalue weighted by Gasteiger charge is -2.28. The van der Waals surface area contributed by atoms with E-state index in [0.29, 0.717) is 25.2 Å². The Morgan fingerprint density at radius 1 is 1.07 bits per heavy atom. The molecule has 1 aromatic rings. The van der Waals surface area contributed by atoms with Crippen molar-refractivity contribution in [2.75, 3.05) is 13.1 Å². The summed E-state index contributed by atoms with van der Waals surface area (Å²) in [6.45, 7) is 12.1. The van der Waals surface area contributed by atoms with Crippen molar-refractivity contribution in [1.82, 2.24) is 19.8 Å².